The van der Waals surface area contributed by atoms with Crippen LogP contribution < -0.4 is 5.32 Å². The van der Waals surface area contributed by atoms with Crippen LogP contribution in [0, 0.1) is 12.7 Å². The molecule has 7 nitrogen and oxygen atoms in total. The summed E-state index contributed by atoms with van der Waals surface area (Å²) < 4.78 is 17.6. The van der Waals surface area contributed by atoms with Gasteiger partial charge in [0.25, 0.3) is 5.91 Å². The summed E-state index contributed by atoms with van der Waals surface area (Å²) in [7, 11) is 0. The third kappa shape index (κ3) is 3.54. The Balaban J connectivity index is 1.41. The van der Waals surface area contributed by atoms with Gasteiger partial charge in [0.1, 0.15) is 23.2 Å². The van der Waals surface area contributed by atoms with Gasteiger partial charge in [-0.05, 0) is 31.9 Å². The maximum Gasteiger partial charge on any atom is 0.254 e. The summed E-state index contributed by atoms with van der Waals surface area (Å²) in [6, 6.07) is 6.36. The van der Waals surface area contributed by atoms with Crippen molar-refractivity contribution in [1.29, 1.82) is 0 Å². The van der Waals surface area contributed by atoms with E-state index in [0.717, 1.165) is 37.5 Å². The smallest absolute Gasteiger partial charge is 0.254 e. The zero-order valence-corrected chi connectivity index (χ0v) is 15.9. The fourth-order valence-electron chi connectivity index (χ4n) is 3.61. The third-order valence-electron chi connectivity index (χ3n) is 5.16. The van der Waals surface area contributed by atoms with Crippen molar-refractivity contribution in [1.82, 2.24) is 29.9 Å². The predicted molar refractivity (Wildman–Crippen MR) is 102 cm³/mol. The molecule has 1 aliphatic rings. The van der Waals surface area contributed by atoms with Gasteiger partial charge in [-0.1, -0.05) is 18.6 Å². The SMILES string of the molecule is Cc1c(C(=O)NCCc2nnc3n2CCCCC3)cnn1-c1ccccc1F. The number of amides is 1. The molecule has 3 aromatic rings. The Morgan fingerprint density at radius 2 is 2.07 bits per heavy atom. The van der Waals surface area contributed by atoms with Gasteiger partial charge in [0, 0.05) is 25.9 Å². The molecule has 0 spiro atoms. The van der Waals surface area contributed by atoms with Crippen molar-refractivity contribution in [2.75, 3.05) is 6.54 Å². The number of nitrogens with one attached hydrogen (secondary N) is 1. The van der Waals surface area contributed by atoms with Gasteiger partial charge in [-0.25, -0.2) is 9.07 Å². The number of carbonyl (C=O) groups excluding carboxylic acids is 1. The molecule has 8 heteroatoms. The molecule has 4 rings (SSSR count). The molecule has 1 aliphatic heterocycles. The molecule has 2 aromatic heterocycles. The van der Waals surface area contributed by atoms with Crippen molar-refractivity contribution in [2.45, 2.75) is 45.6 Å². The molecule has 146 valence electrons. The van der Waals surface area contributed by atoms with Gasteiger partial charge >= 0.3 is 0 Å². The number of para-hydroxylation sites is 1. The standard InChI is InChI=1S/C20H23FN6O/c1-14-15(13-23-27(14)17-8-5-4-7-16(17)21)20(28)22-11-10-19-25-24-18-9-3-2-6-12-26(18)19/h4-5,7-8,13H,2-3,6,9-12H2,1H3,(H,22,28). The van der Waals surface area contributed by atoms with Crippen LogP contribution in [0.1, 0.15) is 47.0 Å². The van der Waals surface area contributed by atoms with Gasteiger partial charge in [-0.3, -0.25) is 4.79 Å². The largest absolute Gasteiger partial charge is 0.351 e. The van der Waals surface area contributed by atoms with Crippen molar-refractivity contribution in [2.24, 2.45) is 0 Å². The summed E-state index contributed by atoms with van der Waals surface area (Å²) in [6.45, 7) is 3.16. The number of nitrogens with zero attached hydrogens (tertiary/aromatic N) is 5. The van der Waals surface area contributed by atoms with E-state index in [1.54, 1.807) is 25.1 Å². The fourth-order valence-corrected chi connectivity index (χ4v) is 3.61. The first-order valence-electron chi connectivity index (χ1n) is 9.64. The number of halogens is 1. The van der Waals surface area contributed by atoms with E-state index in [-0.39, 0.29) is 11.7 Å². The van der Waals surface area contributed by atoms with E-state index in [9.17, 15) is 9.18 Å². The number of fused-ring (bicyclic) bond motifs is 1. The minimum absolute atomic E-state index is 0.226. The number of hydrogen-bond donors (Lipinski definition) is 1. The molecule has 0 aliphatic carbocycles. The Morgan fingerprint density at radius 1 is 1.21 bits per heavy atom. The first-order valence-corrected chi connectivity index (χ1v) is 9.64. The number of benzene rings is 1. The molecule has 0 saturated carbocycles. The normalized spacial score (nSPS) is 13.8. The van der Waals surface area contributed by atoms with Gasteiger partial charge in [-0.15, -0.1) is 10.2 Å². The molecule has 0 unspecified atom stereocenters. The maximum absolute atomic E-state index is 14.0. The Kier molecular flexibility index (Phi) is 5.18. The van der Waals surface area contributed by atoms with E-state index < -0.39 is 0 Å². The molecule has 0 radical (unpaired) electrons. The second-order valence-electron chi connectivity index (χ2n) is 7.01. The summed E-state index contributed by atoms with van der Waals surface area (Å²) in [5.74, 6) is 1.35. The predicted octanol–water partition coefficient (Wildman–Crippen LogP) is 2.61. The second-order valence-corrected chi connectivity index (χ2v) is 7.01. The Hall–Kier alpha value is -3.03. The zero-order chi connectivity index (χ0) is 19.5. The maximum atomic E-state index is 14.0. The van der Waals surface area contributed by atoms with E-state index in [1.165, 1.54) is 23.4 Å². The molecule has 1 aromatic carbocycles. The Bertz CT molecular complexity index is 992. The highest BCUT2D eigenvalue weighted by Gasteiger charge is 2.18. The topological polar surface area (TPSA) is 77.6 Å². The highest BCUT2D eigenvalue weighted by Crippen LogP contribution is 2.17. The number of hydrogen-bond acceptors (Lipinski definition) is 4. The molecule has 3 heterocycles. The van der Waals surface area contributed by atoms with E-state index in [4.69, 9.17) is 0 Å². The van der Waals surface area contributed by atoms with Crippen molar-refractivity contribution in [3.8, 4) is 5.69 Å². The summed E-state index contributed by atoms with van der Waals surface area (Å²) in [4.78, 5) is 12.6. The molecule has 0 fully saturated rings. The van der Waals surface area contributed by atoms with Crippen molar-refractivity contribution < 1.29 is 9.18 Å². The number of aromatic nitrogens is 5. The minimum atomic E-state index is -0.381. The summed E-state index contributed by atoms with van der Waals surface area (Å²) in [5.41, 5.74) is 1.35. The monoisotopic (exact) mass is 382 g/mol. The fraction of sp³-hybridized carbons (Fsp3) is 0.400. The van der Waals surface area contributed by atoms with E-state index in [1.807, 2.05) is 0 Å². The lowest BCUT2D eigenvalue weighted by Crippen LogP contribution is -2.27. The van der Waals surface area contributed by atoms with Crippen LogP contribution in [-0.2, 0) is 19.4 Å². The van der Waals surface area contributed by atoms with Crippen LogP contribution in [0.25, 0.3) is 5.69 Å². The van der Waals surface area contributed by atoms with Crippen molar-refractivity contribution >= 4 is 5.91 Å². The first-order chi connectivity index (χ1) is 13.6. The molecule has 1 amide bonds. The Morgan fingerprint density at radius 3 is 2.93 bits per heavy atom. The number of carbonyl (C=O) groups is 1. The van der Waals surface area contributed by atoms with Crippen molar-refractivity contribution in [3.05, 3.63) is 59.2 Å². The first kappa shape index (κ1) is 18.3. The van der Waals surface area contributed by atoms with Crippen LogP contribution in [0.3, 0.4) is 0 Å². The lowest BCUT2D eigenvalue weighted by molar-refractivity contribution is 0.0953. The van der Waals surface area contributed by atoms with Gasteiger partial charge in [0.2, 0.25) is 0 Å². The highest BCUT2D eigenvalue weighted by molar-refractivity contribution is 5.95. The van der Waals surface area contributed by atoms with E-state index in [0.29, 0.717) is 29.9 Å². The second kappa shape index (κ2) is 7.92. The van der Waals surface area contributed by atoms with Crippen LogP contribution >= 0.6 is 0 Å². The van der Waals surface area contributed by atoms with E-state index >= 15 is 0 Å². The molecule has 28 heavy (non-hydrogen) atoms. The minimum Gasteiger partial charge on any atom is -0.351 e. The lowest BCUT2D eigenvalue weighted by atomic mass is 10.2. The molecule has 0 saturated heterocycles. The number of aryl methyl sites for hydroxylation is 1. The molecular formula is C20H23FN6O. The summed E-state index contributed by atoms with van der Waals surface area (Å²) in [6.07, 6.45) is 6.57. The third-order valence-corrected chi connectivity index (χ3v) is 5.16. The molecular weight excluding hydrogens is 359 g/mol. The quantitative estimate of drug-likeness (QED) is 0.736. The van der Waals surface area contributed by atoms with Gasteiger partial charge in [0.05, 0.1) is 17.5 Å². The van der Waals surface area contributed by atoms with Crippen LogP contribution in [0.15, 0.2) is 30.5 Å². The van der Waals surface area contributed by atoms with Crippen LogP contribution in [0.4, 0.5) is 4.39 Å². The van der Waals surface area contributed by atoms with Crippen LogP contribution in [0.2, 0.25) is 0 Å². The van der Waals surface area contributed by atoms with Crippen LogP contribution in [-0.4, -0.2) is 37.0 Å². The Labute approximate surface area is 162 Å². The van der Waals surface area contributed by atoms with Crippen molar-refractivity contribution in [3.63, 3.8) is 0 Å². The van der Waals surface area contributed by atoms with E-state index in [2.05, 4.69) is 25.2 Å². The molecule has 0 bridgehead atoms. The lowest BCUT2D eigenvalue weighted by Gasteiger charge is -2.08. The highest BCUT2D eigenvalue weighted by atomic mass is 19.1. The van der Waals surface area contributed by atoms with Gasteiger partial charge < -0.3 is 9.88 Å². The van der Waals surface area contributed by atoms with Gasteiger partial charge in [-0.2, -0.15) is 5.10 Å². The van der Waals surface area contributed by atoms with Gasteiger partial charge in [0.15, 0.2) is 0 Å². The molecule has 0 atom stereocenters. The average Bonchev–Trinajstić information content (AvgIpc) is 3.17. The molecule has 1 N–H and O–H groups in total. The van der Waals surface area contributed by atoms with Crippen LogP contribution in [0.5, 0.6) is 0 Å². The number of rotatable bonds is 5. The average molecular weight is 382 g/mol. The zero-order valence-electron chi connectivity index (χ0n) is 15.9. The summed E-state index contributed by atoms with van der Waals surface area (Å²) in [5, 5.41) is 15.7. The summed E-state index contributed by atoms with van der Waals surface area (Å²) >= 11 is 0.